The SMILES string of the molecule is COc1ccccc1CN(CC(C)C)C1CCNCC1.O=C(O)C=CC(=O)O. The molecule has 1 aromatic rings. The number of para-hydroxylation sites is 1. The van der Waals surface area contributed by atoms with Gasteiger partial charge in [0.15, 0.2) is 0 Å². The van der Waals surface area contributed by atoms with Crippen LogP contribution < -0.4 is 10.1 Å². The Kier molecular flexibility index (Phi) is 10.9. The summed E-state index contributed by atoms with van der Waals surface area (Å²) in [6.45, 7) is 9.04. The molecule has 1 fully saturated rings. The van der Waals surface area contributed by atoms with E-state index in [1.54, 1.807) is 7.11 Å². The van der Waals surface area contributed by atoms with Crippen molar-refractivity contribution in [2.24, 2.45) is 5.92 Å². The Labute approximate surface area is 167 Å². The van der Waals surface area contributed by atoms with Crippen molar-refractivity contribution in [1.82, 2.24) is 10.2 Å². The first-order valence-electron chi connectivity index (χ1n) is 9.54. The largest absolute Gasteiger partial charge is 0.496 e. The number of aliphatic carboxylic acids is 2. The fraction of sp³-hybridized carbons (Fsp3) is 0.524. The van der Waals surface area contributed by atoms with Crippen LogP contribution in [0.4, 0.5) is 0 Å². The summed E-state index contributed by atoms with van der Waals surface area (Å²) in [5, 5.41) is 19.1. The van der Waals surface area contributed by atoms with E-state index >= 15 is 0 Å². The molecule has 0 atom stereocenters. The van der Waals surface area contributed by atoms with E-state index in [0.29, 0.717) is 24.1 Å². The van der Waals surface area contributed by atoms with Crippen LogP contribution in [0.25, 0.3) is 0 Å². The molecule has 0 radical (unpaired) electrons. The van der Waals surface area contributed by atoms with Crippen LogP contribution in [0.2, 0.25) is 0 Å². The van der Waals surface area contributed by atoms with Crippen molar-refractivity contribution in [2.75, 3.05) is 26.7 Å². The lowest BCUT2D eigenvalue weighted by Gasteiger charge is -2.36. The van der Waals surface area contributed by atoms with Gasteiger partial charge in [0.05, 0.1) is 7.11 Å². The second-order valence-electron chi connectivity index (χ2n) is 7.13. The maximum atomic E-state index is 9.55. The Hall–Kier alpha value is -2.38. The van der Waals surface area contributed by atoms with Crippen LogP contribution in [0.5, 0.6) is 5.75 Å². The third-order valence-corrected chi connectivity index (χ3v) is 4.36. The number of carboxylic acid groups (broad SMARTS) is 2. The Morgan fingerprint density at radius 2 is 1.75 bits per heavy atom. The molecule has 1 aromatic carbocycles. The number of carboxylic acids is 2. The maximum Gasteiger partial charge on any atom is 0.328 e. The van der Waals surface area contributed by atoms with Crippen LogP contribution in [0.15, 0.2) is 36.4 Å². The smallest absolute Gasteiger partial charge is 0.328 e. The monoisotopic (exact) mass is 392 g/mol. The van der Waals surface area contributed by atoms with Crippen molar-refractivity contribution in [3.8, 4) is 5.75 Å². The number of piperidine rings is 1. The van der Waals surface area contributed by atoms with Crippen molar-refractivity contribution in [1.29, 1.82) is 0 Å². The summed E-state index contributed by atoms with van der Waals surface area (Å²) >= 11 is 0. The van der Waals surface area contributed by atoms with Gasteiger partial charge in [0.25, 0.3) is 0 Å². The molecular formula is C21H32N2O5. The van der Waals surface area contributed by atoms with E-state index < -0.39 is 11.9 Å². The van der Waals surface area contributed by atoms with Gasteiger partial charge in [-0.15, -0.1) is 0 Å². The number of methoxy groups -OCH3 is 1. The van der Waals surface area contributed by atoms with Gasteiger partial charge >= 0.3 is 11.9 Å². The first kappa shape index (κ1) is 23.7. The van der Waals surface area contributed by atoms with Crippen molar-refractivity contribution in [3.05, 3.63) is 42.0 Å². The number of ether oxygens (including phenoxy) is 1. The van der Waals surface area contributed by atoms with Crippen molar-refractivity contribution in [3.63, 3.8) is 0 Å². The molecule has 1 heterocycles. The number of hydrogen-bond acceptors (Lipinski definition) is 5. The van der Waals surface area contributed by atoms with E-state index in [9.17, 15) is 9.59 Å². The van der Waals surface area contributed by atoms with Crippen LogP contribution in [-0.2, 0) is 16.1 Å². The highest BCUT2D eigenvalue weighted by Crippen LogP contribution is 2.23. The van der Waals surface area contributed by atoms with Crippen molar-refractivity contribution in [2.45, 2.75) is 39.3 Å². The average Bonchev–Trinajstić information content (AvgIpc) is 2.67. The van der Waals surface area contributed by atoms with Crippen LogP contribution >= 0.6 is 0 Å². The minimum absolute atomic E-state index is 0.558. The Bertz CT molecular complexity index is 623. The molecule has 0 saturated carbocycles. The zero-order valence-corrected chi connectivity index (χ0v) is 16.9. The molecule has 7 nitrogen and oxygen atoms in total. The molecule has 156 valence electrons. The van der Waals surface area contributed by atoms with Crippen LogP contribution in [0.3, 0.4) is 0 Å². The molecule has 0 spiro atoms. The molecule has 1 aliphatic rings. The second-order valence-corrected chi connectivity index (χ2v) is 7.13. The van der Waals surface area contributed by atoms with Crippen LogP contribution in [-0.4, -0.2) is 59.8 Å². The number of nitrogens with one attached hydrogen (secondary N) is 1. The molecule has 0 aliphatic carbocycles. The van der Waals surface area contributed by atoms with E-state index in [4.69, 9.17) is 14.9 Å². The summed E-state index contributed by atoms with van der Waals surface area (Å²) in [5.41, 5.74) is 1.30. The molecule has 0 bridgehead atoms. The van der Waals surface area contributed by atoms with Gasteiger partial charge in [0.1, 0.15) is 5.75 Å². The quantitative estimate of drug-likeness (QED) is 0.585. The Morgan fingerprint density at radius 3 is 2.25 bits per heavy atom. The van der Waals surface area contributed by atoms with Crippen molar-refractivity contribution < 1.29 is 24.5 Å². The third-order valence-electron chi connectivity index (χ3n) is 4.36. The Morgan fingerprint density at radius 1 is 1.18 bits per heavy atom. The number of hydrogen-bond donors (Lipinski definition) is 3. The van der Waals surface area contributed by atoms with Gasteiger partial charge in [-0.05, 0) is 37.9 Å². The van der Waals surface area contributed by atoms with E-state index in [-0.39, 0.29) is 0 Å². The first-order valence-corrected chi connectivity index (χ1v) is 9.54. The topological polar surface area (TPSA) is 99.1 Å². The number of carbonyl (C=O) groups is 2. The first-order chi connectivity index (χ1) is 13.3. The summed E-state index contributed by atoms with van der Waals surface area (Å²) in [6.07, 6.45) is 3.62. The van der Waals surface area contributed by atoms with E-state index in [1.165, 1.54) is 18.4 Å². The molecule has 0 amide bonds. The van der Waals surface area contributed by atoms with Gasteiger partial charge in [-0.1, -0.05) is 32.0 Å². The molecular weight excluding hydrogens is 360 g/mol. The predicted molar refractivity (Wildman–Crippen MR) is 109 cm³/mol. The van der Waals surface area contributed by atoms with Gasteiger partial charge in [-0.2, -0.15) is 0 Å². The van der Waals surface area contributed by atoms with Crippen molar-refractivity contribution >= 4 is 11.9 Å². The molecule has 0 aromatic heterocycles. The van der Waals surface area contributed by atoms with Gasteiger partial charge in [0, 0.05) is 36.8 Å². The average molecular weight is 392 g/mol. The van der Waals surface area contributed by atoms with E-state index in [2.05, 4.69) is 42.3 Å². The second kappa shape index (κ2) is 12.9. The standard InChI is InChI=1S/C17H28N2O.C4H4O4/c1-14(2)12-19(16-8-10-18-11-9-16)13-15-6-4-5-7-17(15)20-3;5-3(6)1-2-4(7)8/h4-7,14,16,18H,8-13H2,1-3H3;1-2H,(H,5,6)(H,7,8). The van der Waals surface area contributed by atoms with Gasteiger partial charge < -0.3 is 20.3 Å². The molecule has 1 saturated heterocycles. The van der Waals surface area contributed by atoms with Crippen LogP contribution in [0, 0.1) is 5.92 Å². The van der Waals surface area contributed by atoms with E-state index in [1.807, 2.05) is 6.07 Å². The minimum Gasteiger partial charge on any atom is -0.496 e. The van der Waals surface area contributed by atoms with Crippen LogP contribution in [0.1, 0.15) is 32.3 Å². The lowest BCUT2D eigenvalue weighted by molar-refractivity contribution is -0.134. The molecule has 0 unspecified atom stereocenters. The highest BCUT2D eigenvalue weighted by atomic mass is 16.5. The molecule has 1 aliphatic heterocycles. The summed E-state index contributed by atoms with van der Waals surface area (Å²) in [6, 6.07) is 9.09. The fourth-order valence-electron chi connectivity index (χ4n) is 3.18. The highest BCUT2D eigenvalue weighted by Gasteiger charge is 2.22. The third kappa shape index (κ3) is 9.53. The zero-order valence-electron chi connectivity index (χ0n) is 16.9. The predicted octanol–water partition coefficient (Wildman–Crippen LogP) is 2.62. The number of nitrogens with zero attached hydrogens (tertiary/aromatic N) is 1. The van der Waals surface area contributed by atoms with Gasteiger partial charge in [-0.25, -0.2) is 9.59 Å². The number of rotatable bonds is 8. The normalized spacial score (nSPS) is 14.8. The zero-order chi connectivity index (χ0) is 20.9. The number of benzene rings is 1. The molecule has 7 heteroatoms. The molecule has 3 N–H and O–H groups in total. The highest BCUT2D eigenvalue weighted by molar-refractivity contribution is 5.89. The Balaban J connectivity index is 0.000000416. The molecule has 2 rings (SSSR count). The lowest BCUT2D eigenvalue weighted by atomic mass is 10.0. The summed E-state index contributed by atoms with van der Waals surface area (Å²) < 4.78 is 5.50. The van der Waals surface area contributed by atoms with Gasteiger partial charge in [-0.3, -0.25) is 4.90 Å². The minimum atomic E-state index is -1.26. The summed E-state index contributed by atoms with van der Waals surface area (Å²) in [4.78, 5) is 21.7. The summed E-state index contributed by atoms with van der Waals surface area (Å²) in [7, 11) is 1.76. The van der Waals surface area contributed by atoms with E-state index in [0.717, 1.165) is 31.9 Å². The summed E-state index contributed by atoms with van der Waals surface area (Å²) in [5.74, 6) is -0.811. The lowest BCUT2D eigenvalue weighted by Crippen LogP contribution is -2.44. The maximum absolute atomic E-state index is 9.55. The fourth-order valence-corrected chi connectivity index (χ4v) is 3.18. The molecule has 28 heavy (non-hydrogen) atoms. The van der Waals surface area contributed by atoms with Gasteiger partial charge in [0.2, 0.25) is 0 Å².